The smallest absolute Gasteiger partial charge is 0.191 e. The van der Waals surface area contributed by atoms with Crippen molar-refractivity contribution in [3.63, 3.8) is 0 Å². The molecule has 2 heterocycles. The van der Waals surface area contributed by atoms with Crippen LogP contribution < -0.4 is 10.6 Å². The fraction of sp³-hybridized carbons (Fsp3) is 0.778. The molecule has 0 aromatic carbocycles. The molecule has 0 spiro atoms. The summed E-state index contributed by atoms with van der Waals surface area (Å²) in [6, 6.07) is 2.64. The molecule has 0 saturated carbocycles. The number of piperidine rings is 1. The van der Waals surface area contributed by atoms with Crippen molar-refractivity contribution < 1.29 is 4.52 Å². The summed E-state index contributed by atoms with van der Waals surface area (Å²) >= 11 is 0. The highest BCUT2D eigenvalue weighted by molar-refractivity contribution is 5.79. The van der Waals surface area contributed by atoms with E-state index in [1.807, 2.05) is 6.07 Å². The number of nitrogens with one attached hydrogen (secondary N) is 2. The SMILES string of the molecule is CN=C(NCc1cc(C(C)C)no1)NC[C@H]1CCCN(C(C)C)C1. The molecule has 1 saturated heterocycles. The van der Waals surface area contributed by atoms with Crippen LogP contribution in [0.2, 0.25) is 0 Å². The van der Waals surface area contributed by atoms with Gasteiger partial charge in [0, 0.05) is 32.2 Å². The number of nitrogens with zero attached hydrogens (tertiary/aromatic N) is 3. The molecule has 0 amide bonds. The van der Waals surface area contributed by atoms with Gasteiger partial charge in [0.05, 0.1) is 12.2 Å². The summed E-state index contributed by atoms with van der Waals surface area (Å²) in [5, 5.41) is 10.8. The van der Waals surface area contributed by atoms with Crippen molar-refractivity contribution in [2.24, 2.45) is 10.9 Å². The van der Waals surface area contributed by atoms with Crippen LogP contribution >= 0.6 is 0 Å². The van der Waals surface area contributed by atoms with E-state index in [0.29, 0.717) is 24.4 Å². The predicted molar refractivity (Wildman–Crippen MR) is 98.2 cm³/mol. The Labute approximate surface area is 146 Å². The van der Waals surface area contributed by atoms with Crippen LogP contribution in [0.1, 0.15) is 57.9 Å². The molecule has 1 aromatic heterocycles. The summed E-state index contributed by atoms with van der Waals surface area (Å²) in [6.07, 6.45) is 2.57. The third-order valence-electron chi connectivity index (χ3n) is 4.66. The van der Waals surface area contributed by atoms with E-state index in [1.54, 1.807) is 7.05 Å². The lowest BCUT2D eigenvalue weighted by atomic mass is 9.97. The van der Waals surface area contributed by atoms with Crippen LogP contribution in [0, 0.1) is 5.92 Å². The van der Waals surface area contributed by atoms with Crippen molar-refractivity contribution in [3.8, 4) is 0 Å². The fourth-order valence-electron chi connectivity index (χ4n) is 3.05. The number of guanidine groups is 1. The Bertz CT molecular complexity index is 523. The molecule has 2 N–H and O–H groups in total. The van der Waals surface area contributed by atoms with Gasteiger partial charge in [0.25, 0.3) is 0 Å². The zero-order valence-corrected chi connectivity index (χ0v) is 15.8. The van der Waals surface area contributed by atoms with Gasteiger partial charge in [0.1, 0.15) is 0 Å². The van der Waals surface area contributed by atoms with E-state index in [2.05, 4.69) is 53.4 Å². The van der Waals surface area contributed by atoms with Gasteiger partial charge in [-0.1, -0.05) is 19.0 Å². The van der Waals surface area contributed by atoms with Crippen LogP contribution in [0.3, 0.4) is 0 Å². The van der Waals surface area contributed by atoms with Crippen molar-refractivity contribution in [1.82, 2.24) is 20.7 Å². The maximum Gasteiger partial charge on any atom is 0.191 e. The number of hydrogen-bond donors (Lipinski definition) is 2. The molecule has 1 atom stereocenters. The maximum absolute atomic E-state index is 5.35. The maximum atomic E-state index is 5.35. The average molecular weight is 335 g/mol. The summed E-state index contributed by atoms with van der Waals surface area (Å²) in [5.74, 6) is 2.72. The van der Waals surface area contributed by atoms with Gasteiger partial charge in [-0.15, -0.1) is 0 Å². The Morgan fingerprint density at radius 2 is 2.17 bits per heavy atom. The second kappa shape index (κ2) is 9.06. The Morgan fingerprint density at radius 1 is 1.38 bits per heavy atom. The third-order valence-corrected chi connectivity index (χ3v) is 4.66. The highest BCUT2D eigenvalue weighted by Crippen LogP contribution is 2.17. The monoisotopic (exact) mass is 335 g/mol. The molecule has 1 aliphatic heterocycles. The molecule has 136 valence electrons. The summed E-state index contributed by atoms with van der Waals surface area (Å²) in [5.41, 5.74) is 0.991. The minimum Gasteiger partial charge on any atom is -0.359 e. The first-order valence-electron chi connectivity index (χ1n) is 9.13. The van der Waals surface area contributed by atoms with Gasteiger partial charge in [-0.3, -0.25) is 4.99 Å². The summed E-state index contributed by atoms with van der Waals surface area (Å²) in [6.45, 7) is 12.7. The van der Waals surface area contributed by atoms with Gasteiger partial charge in [-0.2, -0.15) is 0 Å². The molecule has 0 bridgehead atoms. The lowest BCUT2D eigenvalue weighted by Gasteiger charge is -2.35. The summed E-state index contributed by atoms with van der Waals surface area (Å²) in [4.78, 5) is 6.87. The largest absolute Gasteiger partial charge is 0.359 e. The number of rotatable bonds is 6. The van der Waals surface area contributed by atoms with Crippen LogP contribution in [0.25, 0.3) is 0 Å². The first kappa shape index (κ1) is 18.8. The quantitative estimate of drug-likeness (QED) is 0.618. The normalized spacial score (nSPS) is 20.0. The number of aliphatic imine (C=N–C) groups is 1. The third kappa shape index (κ3) is 5.51. The van der Waals surface area contributed by atoms with Crippen molar-refractivity contribution in [2.45, 2.75) is 59.0 Å². The van der Waals surface area contributed by atoms with Crippen molar-refractivity contribution in [3.05, 3.63) is 17.5 Å². The fourth-order valence-corrected chi connectivity index (χ4v) is 3.05. The van der Waals surface area contributed by atoms with Crippen LogP contribution in [-0.2, 0) is 6.54 Å². The van der Waals surface area contributed by atoms with E-state index < -0.39 is 0 Å². The molecule has 6 nitrogen and oxygen atoms in total. The number of aromatic nitrogens is 1. The molecular formula is C18H33N5O. The van der Waals surface area contributed by atoms with E-state index in [9.17, 15) is 0 Å². The summed E-state index contributed by atoms with van der Waals surface area (Å²) < 4.78 is 5.35. The lowest BCUT2D eigenvalue weighted by Crippen LogP contribution is -2.45. The van der Waals surface area contributed by atoms with Gasteiger partial charge in [0.15, 0.2) is 11.7 Å². The molecule has 1 aliphatic rings. The van der Waals surface area contributed by atoms with Crippen molar-refractivity contribution in [1.29, 1.82) is 0 Å². The van der Waals surface area contributed by atoms with Gasteiger partial charge >= 0.3 is 0 Å². The first-order valence-corrected chi connectivity index (χ1v) is 9.13. The minimum atomic E-state index is 0.384. The lowest BCUT2D eigenvalue weighted by molar-refractivity contribution is 0.141. The van der Waals surface area contributed by atoms with E-state index in [1.165, 1.54) is 25.9 Å². The minimum absolute atomic E-state index is 0.384. The molecule has 1 fully saturated rings. The molecule has 0 aliphatic carbocycles. The van der Waals surface area contributed by atoms with Crippen LogP contribution in [0.15, 0.2) is 15.6 Å². The highest BCUT2D eigenvalue weighted by atomic mass is 16.5. The second-order valence-corrected chi connectivity index (χ2v) is 7.28. The average Bonchev–Trinajstić information content (AvgIpc) is 3.04. The Kier molecular flexibility index (Phi) is 7.09. The highest BCUT2D eigenvalue weighted by Gasteiger charge is 2.21. The molecular weight excluding hydrogens is 302 g/mol. The number of hydrogen-bond acceptors (Lipinski definition) is 4. The second-order valence-electron chi connectivity index (χ2n) is 7.28. The first-order chi connectivity index (χ1) is 11.5. The van der Waals surface area contributed by atoms with Gasteiger partial charge in [-0.05, 0) is 45.1 Å². The number of likely N-dealkylation sites (tertiary alicyclic amines) is 1. The van der Waals surface area contributed by atoms with Crippen LogP contribution in [0.5, 0.6) is 0 Å². The van der Waals surface area contributed by atoms with Crippen molar-refractivity contribution in [2.75, 3.05) is 26.7 Å². The van der Waals surface area contributed by atoms with E-state index in [0.717, 1.165) is 24.0 Å². The molecule has 0 radical (unpaired) electrons. The van der Waals surface area contributed by atoms with Gasteiger partial charge < -0.3 is 20.1 Å². The predicted octanol–water partition coefficient (Wildman–Crippen LogP) is 2.58. The Balaban J connectivity index is 1.75. The zero-order chi connectivity index (χ0) is 17.5. The molecule has 1 aromatic rings. The molecule has 6 heteroatoms. The van der Waals surface area contributed by atoms with Gasteiger partial charge in [-0.25, -0.2) is 0 Å². The molecule has 0 unspecified atom stereocenters. The van der Waals surface area contributed by atoms with Crippen molar-refractivity contribution >= 4 is 5.96 Å². The zero-order valence-electron chi connectivity index (χ0n) is 15.8. The summed E-state index contributed by atoms with van der Waals surface area (Å²) in [7, 11) is 1.80. The molecule has 2 rings (SSSR count). The topological polar surface area (TPSA) is 65.7 Å². The van der Waals surface area contributed by atoms with E-state index in [-0.39, 0.29) is 0 Å². The molecule has 24 heavy (non-hydrogen) atoms. The van der Waals surface area contributed by atoms with E-state index >= 15 is 0 Å². The van der Waals surface area contributed by atoms with Crippen LogP contribution in [0.4, 0.5) is 0 Å². The van der Waals surface area contributed by atoms with E-state index in [4.69, 9.17) is 4.52 Å². The van der Waals surface area contributed by atoms with Gasteiger partial charge in [0.2, 0.25) is 0 Å². The van der Waals surface area contributed by atoms with Crippen LogP contribution in [-0.4, -0.2) is 48.7 Å². The standard InChI is InChI=1S/C18H33N5O/c1-13(2)17-9-16(24-22-17)11-21-18(19-5)20-10-15-7-6-8-23(12-15)14(3)4/h9,13-15H,6-8,10-12H2,1-5H3,(H2,19,20,21)/t15-/m1/s1. The Morgan fingerprint density at radius 3 is 2.79 bits per heavy atom. The Hall–Kier alpha value is -1.56.